The van der Waals surface area contributed by atoms with Gasteiger partial charge in [0.25, 0.3) is 0 Å². The first-order chi connectivity index (χ1) is 16.4. The molecule has 0 saturated heterocycles. The molecule has 4 heterocycles. The van der Waals surface area contributed by atoms with E-state index >= 15 is 0 Å². The highest BCUT2D eigenvalue weighted by Crippen LogP contribution is 2.31. The van der Waals surface area contributed by atoms with Crippen molar-refractivity contribution < 1.29 is 14.6 Å². The van der Waals surface area contributed by atoms with Gasteiger partial charge in [-0.1, -0.05) is 19.4 Å². The fraction of sp³-hybridized carbons (Fsp3) is 0.409. The number of unbranched alkanes of at least 4 members (excludes halogenated alkanes) is 1. The molecule has 0 bridgehead atoms. The number of carbonyl (C=O) groups is 1. The van der Waals surface area contributed by atoms with E-state index in [9.17, 15) is 4.79 Å². The van der Waals surface area contributed by atoms with Gasteiger partial charge in [-0.25, -0.2) is 9.78 Å². The number of fused-ring (bicyclic) bond motifs is 1. The van der Waals surface area contributed by atoms with Gasteiger partial charge in [-0.3, -0.25) is 9.67 Å². The third kappa shape index (κ3) is 4.91. The predicted octanol–water partition coefficient (Wildman–Crippen LogP) is 3.60. The second kappa shape index (κ2) is 10.2. The minimum atomic E-state index is -0.909. The van der Waals surface area contributed by atoms with Gasteiger partial charge in [-0.2, -0.15) is 10.1 Å². The van der Waals surface area contributed by atoms with Crippen molar-refractivity contribution in [2.75, 3.05) is 37.8 Å². The molecule has 3 aromatic heterocycles. The van der Waals surface area contributed by atoms with E-state index in [1.165, 1.54) is 4.90 Å². The maximum absolute atomic E-state index is 11.2. The summed E-state index contributed by atoms with van der Waals surface area (Å²) in [7, 11) is 1.60. The molecule has 0 saturated carbocycles. The molecule has 1 aliphatic heterocycles. The van der Waals surface area contributed by atoms with Crippen molar-refractivity contribution in [2.24, 2.45) is 0 Å². The molecule has 0 atom stereocenters. The van der Waals surface area contributed by atoms with Gasteiger partial charge in [-0.05, 0) is 46.0 Å². The Labute approximate surface area is 205 Å². The summed E-state index contributed by atoms with van der Waals surface area (Å²) in [5.74, 6) is 1.42. The fourth-order valence-electron chi connectivity index (χ4n) is 3.88. The van der Waals surface area contributed by atoms with Crippen LogP contribution >= 0.6 is 15.9 Å². The number of halogens is 1. The number of nitrogens with one attached hydrogen (secondary N) is 1. The summed E-state index contributed by atoms with van der Waals surface area (Å²) in [6, 6.07) is 1.93. The van der Waals surface area contributed by atoms with Gasteiger partial charge < -0.3 is 25.8 Å². The van der Waals surface area contributed by atoms with Gasteiger partial charge >= 0.3 is 6.09 Å². The molecule has 0 spiro atoms. The van der Waals surface area contributed by atoms with Crippen LogP contribution in [0.1, 0.15) is 37.4 Å². The van der Waals surface area contributed by atoms with Crippen LogP contribution in [-0.2, 0) is 6.54 Å². The molecule has 11 nitrogen and oxygen atoms in total. The summed E-state index contributed by atoms with van der Waals surface area (Å²) in [4.78, 5) is 25.9. The number of methoxy groups -OCH3 is 1. The average Bonchev–Trinajstić information content (AvgIpc) is 3.14. The molecule has 0 radical (unpaired) electrons. The molecule has 12 heteroatoms. The zero-order valence-corrected chi connectivity index (χ0v) is 20.7. The number of nitrogen functional groups attached to an aromatic ring is 1. The van der Waals surface area contributed by atoms with Crippen molar-refractivity contribution in [1.29, 1.82) is 0 Å². The maximum Gasteiger partial charge on any atom is 0.407 e. The first-order valence-electron chi connectivity index (χ1n) is 11.0. The van der Waals surface area contributed by atoms with Crippen molar-refractivity contribution in [2.45, 2.75) is 32.7 Å². The van der Waals surface area contributed by atoms with Crippen LogP contribution in [0.2, 0.25) is 0 Å². The van der Waals surface area contributed by atoms with E-state index in [4.69, 9.17) is 15.6 Å². The first kappa shape index (κ1) is 23.7. The normalized spacial score (nSPS) is 13.7. The van der Waals surface area contributed by atoms with E-state index in [0.29, 0.717) is 53.4 Å². The summed E-state index contributed by atoms with van der Waals surface area (Å²) in [5, 5.41) is 17.1. The van der Waals surface area contributed by atoms with Gasteiger partial charge in [0.1, 0.15) is 22.5 Å². The molecule has 0 aliphatic carbocycles. The number of aromatic nitrogens is 5. The summed E-state index contributed by atoms with van der Waals surface area (Å²) in [5.41, 5.74) is 9.94. The quantitative estimate of drug-likeness (QED) is 0.371. The lowest BCUT2D eigenvalue weighted by Crippen LogP contribution is -2.33. The number of hydrogen-bond donors (Lipinski definition) is 3. The van der Waals surface area contributed by atoms with Crippen LogP contribution in [0, 0.1) is 0 Å². The lowest BCUT2D eigenvalue weighted by molar-refractivity contribution is 0.150. The minimum Gasteiger partial charge on any atom is -0.495 e. The highest BCUT2D eigenvalue weighted by molar-refractivity contribution is 9.10. The van der Waals surface area contributed by atoms with Crippen LogP contribution in [0.25, 0.3) is 16.6 Å². The Bertz CT molecular complexity index is 1240. The van der Waals surface area contributed by atoms with Crippen LogP contribution in [0.4, 0.5) is 16.6 Å². The smallest absolute Gasteiger partial charge is 0.407 e. The summed E-state index contributed by atoms with van der Waals surface area (Å²) >= 11 is 3.49. The van der Waals surface area contributed by atoms with Crippen molar-refractivity contribution in [1.82, 2.24) is 29.6 Å². The van der Waals surface area contributed by atoms with Crippen LogP contribution in [0.3, 0.4) is 0 Å². The molecule has 1 amide bonds. The second-order valence-electron chi connectivity index (χ2n) is 7.94. The predicted molar refractivity (Wildman–Crippen MR) is 133 cm³/mol. The zero-order valence-electron chi connectivity index (χ0n) is 19.1. The Morgan fingerprint density at radius 2 is 2.21 bits per heavy atom. The third-order valence-electron chi connectivity index (χ3n) is 5.69. The number of hydrogen-bond acceptors (Lipinski definition) is 8. The van der Waals surface area contributed by atoms with Crippen LogP contribution in [0.15, 0.2) is 22.9 Å². The van der Waals surface area contributed by atoms with E-state index < -0.39 is 6.09 Å². The molecule has 34 heavy (non-hydrogen) atoms. The first-order valence-corrected chi connectivity index (χ1v) is 11.8. The topological polar surface area (TPSA) is 144 Å². The molecule has 4 rings (SSSR count). The monoisotopic (exact) mass is 530 g/mol. The van der Waals surface area contributed by atoms with E-state index in [2.05, 4.69) is 48.2 Å². The summed E-state index contributed by atoms with van der Waals surface area (Å²) in [6.07, 6.45) is 5.47. The van der Waals surface area contributed by atoms with Crippen molar-refractivity contribution in [3.8, 4) is 5.75 Å². The molecule has 4 N–H and O–H groups in total. The standard InChI is InChI=1S/C22H27BrN8O3/c1-3-4-7-25-20-18-17(27-21(24)28-20)19(23)29-31(18)12-15-16(34-2)10-14(11-26-15)13-5-8-30(9-6-13)22(32)33/h5,10-11H,3-4,6-9,12H2,1-2H3,(H,32,33)(H3,24,25,27,28). The van der Waals surface area contributed by atoms with Gasteiger partial charge in [0.2, 0.25) is 5.95 Å². The average molecular weight is 531 g/mol. The van der Waals surface area contributed by atoms with Crippen LogP contribution in [-0.4, -0.2) is 67.6 Å². The Balaban J connectivity index is 1.65. The number of ether oxygens (including phenoxy) is 1. The Hall–Kier alpha value is -3.41. The van der Waals surface area contributed by atoms with Crippen LogP contribution in [0.5, 0.6) is 5.75 Å². The van der Waals surface area contributed by atoms with E-state index in [-0.39, 0.29) is 5.95 Å². The Kier molecular flexibility index (Phi) is 7.15. The lowest BCUT2D eigenvalue weighted by Gasteiger charge is -2.24. The summed E-state index contributed by atoms with van der Waals surface area (Å²) < 4.78 is 7.99. The highest BCUT2D eigenvalue weighted by Gasteiger charge is 2.21. The lowest BCUT2D eigenvalue weighted by atomic mass is 10.0. The SMILES string of the molecule is CCCCNc1nc(N)nc2c(Br)nn(Cc3ncc(C4=CCN(C(=O)O)CC4)cc3OC)c12. The molecule has 180 valence electrons. The molecule has 0 fully saturated rings. The number of amides is 1. The Morgan fingerprint density at radius 3 is 2.88 bits per heavy atom. The minimum absolute atomic E-state index is 0.175. The molecule has 0 unspecified atom stereocenters. The van der Waals surface area contributed by atoms with Gasteiger partial charge in [0.05, 0.1) is 13.7 Å². The number of nitrogens with zero attached hydrogens (tertiary/aromatic N) is 6. The maximum atomic E-state index is 11.2. The van der Waals surface area contributed by atoms with Gasteiger partial charge in [-0.15, -0.1) is 0 Å². The number of nitrogens with two attached hydrogens (primary N) is 1. The second-order valence-corrected chi connectivity index (χ2v) is 8.69. The molecule has 1 aliphatic rings. The van der Waals surface area contributed by atoms with Crippen molar-refractivity contribution in [3.63, 3.8) is 0 Å². The summed E-state index contributed by atoms with van der Waals surface area (Å²) in [6.45, 7) is 4.04. The third-order valence-corrected chi connectivity index (χ3v) is 6.22. The molecule has 3 aromatic rings. The molecule has 0 aromatic carbocycles. The Morgan fingerprint density at radius 1 is 1.38 bits per heavy atom. The fourth-order valence-corrected chi connectivity index (χ4v) is 4.34. The number of carboxylic acid groups (broad SMARTS) is 1. The van der Waals surface area contributed by atoms with Crippen molar-refractivity contribution >= 4 is 50.4 Å². The number of rotatable bonds is 8. The number of anilines is 2. The van der Waals surface area contributed by atoms with Gasteiger partial charge in [0, 0.05) is 25.8 Å². The van der Waals surface area contributed by atoms with E-state index in [0.717, 1.165) is 36.0 Å². The largest absolute Gasteiger partial charge is 0.495 e. The van der Waals surface area contributed by atoms with Crippen LogP contribution < -0.4 is 15.8 Å². The highest BCUT2D eigenvalue weighted by atomic mass is 79.9. The van der Waals surface area contributed by atoms with E-state index in [1.54, 1.807) is 18.0 Å². The van der Waals surface area contributed by atoms with Crippen molar-refractivity contribution in [3.05, 3.63) is 34.2 Å². The molecular weight excluding hydrogens is 504 g/mol. The molecular formula is C22H27BrN8O3. The van der Waals surface area contributed by atoms with E-state index in [1.807, 2.05) is 12.1 Å². The number of pyridine rings is 1. The zero-order chi connectivity index (χ0) is 24.2. The van der Waals surface area contributed by atoms with Gasteiger partial charge in [0.15, 0.2) is 10.4 Å².